The molecule has 2 aromatic rings. The van der Waals surface area contributed by atoms with Gasteiger partial charge in [0.05, 0.1) is 12.0 Å². The van der Waals surface area contributed by atoms with E-state index in [-0.39, 0.29) is 34.8 Å². The fraction of sp³-hybridized carbons (Fsp3) is 0.318. The molecule has 1 N–H and O–H groups in total. The number of amidine groups is 1. The van der Waals surface area contributed by atoms with Crippen molar-refractivity contribution in [3.63, 3.8) is 0 Å². The number of carbonyl (C=O) groups is 2. The van der Waals surface area contributed by atoms with Gasteiger partial charge in [-0.3, -0.25) is 14.5 Å². The minimum atomic E-state index is -3.98. The van der Waals surface area contributed by atoms with Crippen molar-refractivity contribution in [2.24, 2.45) is 4.40 Å². The van der Waals surface area contributed by atoms with E-state index in [9.17, 15) is 18.0 Å². The maximum absolute atomic E-state index is 12.8. The largest absolute Gasteiger partial charge is 0.497 e. The molecule has 32 heavy (non-hydrogen) atoms. The van der Waals surface area contributed by atoms with Crippen molar-refractivity contribution in [1.82, 2.24) is 4.90 Å². The highest BCUT2D eigenvalue weighted by Crippen LogP contribution is 2.31. The maximum Gasteiger partial charge on any atom is 0.284 e. The van der Waals surface area contributed by atoms with Gasteiger partial charge in [-0.05, 0) is 55.3 Å². The number of amides is 2. The number of hydrogen-bond acceptors (Lipinski definition) is 6. The molecule has 1 atom stereocenters. The summed E-state index contributed by atoms with van der Waals surface area (Å²) < 4.78 is 34.5. The van der Waals surface area contributed by atoms with Crippen molar-refractivity contribution in [3.8, 4) is 5.75 Å². The first kappa shape index (κ1) is 23.8. The van der Waals surface area contributed by atoms with Crippen LogP contribution in [0.5, 0.6) is 5.75 Å². The van der Waals surface area contributed by atoms with Gasteiger partial charge in [0.1, 0.15) is 11.0 Å². The van der Waals surface area contributed by atoms with Crippen molar-refractivity contribution in [2.75, 3.05) is 19.0 Å². The normalized spacial score (nSPS) is 17.6. The molecule has 0 saturated carbocycles. The summed E-state index contributed by atoms with van der Waals surface area (Å²) in [4.78, 5) is 26.6. The molecule has 3 rings (SSSR count). The van der Waals surface area contributed by atoms with Crippen LogP contribution in [0.4, 0.5) is 5.69 Å². The van der Waals surface area contributed by atoms with Gasteiger partial charge in [-0.2, -0.15) is 8.42 Å². The van der Waals surface area contributed by atoms with Crippen LogP contribution in [0.1, 0.15) is 25.8 Å². The highest BCUT2D eigenvalue weighted by Gasteiger charge is 2.39. The molecular formula is C22H25N3O5S2. The Morgan fingerprint density at radius 2 is 1.78 bits per heavy atom. The zero-order valence-electron chi connectivity index (χ0n) is 18.1. The van der Waals surface area contributed by atoms with Crippen LogP contribution in [0.3, 0.4) is 0 Å². The quantitative estimate of drug-likeness (QED) is 0.628. The summed E-state index contributed by atoms with van der Waals surface area (Å²) in [7, 11) is -2.43. The zero-order valence-corrected chi connectivity index (χ0v) is 19.7. The Balaban J connectivity index is 1.73. The third-order valence-corrected chi connectivity index (χ3v) is 7.48. The van der Waals surface area contributed by atoms with Crippen molar-refractivity contribution < 1.29 is 22.7 Å². The van der Waals surface area contributed by atoms with Crippen molar-refractivity contribution in [3.05, 3.63) is 54.1 Å². The van der Waals surface area contributed by atoms with Gasteiger partial charge in [0.2, 0.25) is 11.8 Å². The fourth-order valence-corrected chi connectivity index (χ4v) is 5.53. The average molecular weight is 476 g/mol. The van der Waals surface area contributed by atoms with Gasteiger partial charge in [-0.25, -0.2) is 0 Å². The van der Waals surface area contributed by atoms with E-state index in [2.05, 4.69) is 9.71 Å². The minimum Gasteiger partial charge on any atom is -0.497 e. The summed E-state index contributed by atoms with van der Waals surface area (Å²) >= 11 is 0.992. The van der Waals surface area contributed by atoms with Crippen LogP contribution >= 0.6 is 11.8 Å². The highest BCUT2D eigenvalue weighted by molar-refractivity contribution is 8.16. The molecular weight excluding hydrogens is 450 g/mol. The molecule has 0 radical (unpaired) electrons. The molecule has 1 heterocycles. The molecule has 1 aliphatic rings. The molecule has 1 fully saturated rings. The second kappa shape index (κ2) is 10.2. The monoisotopic (exact) mass is 475 g/mol. The van der Waals surface area contributed by atoms with Crippen LogP contribution < -0.4 is 10.1 Å². The summed E-state index contributed by atoms with van der Waals surface area (Å²) in [6, 6.07) is 13.3. The number of thioether (sulfide) groups is 1. The number of hydrogen-bond donors (Lipinski definition) is 1. The van der Waals surface area contributed by atoms with E-state index in [1.54, 1.807) is 50.4 Å². The summed E-state index contributed by atoms with van der Waals surface area (Å²) in [5.74, 6) is -0.0245. The third kappa shape index (κ3) is 5.49. The molecule has 10 heteroatoms. The summed E-state index contributed by atoms with van der Waals surface area (Å²) in [5.41, 5.74) is 1.59. The Morgan fingerprint density at radius 1 is 1.12 bits per heavy atom. The number of rotatable bonds is 8. The number of sulfonamides is 1. The van der Waals surface area contributed by atoms with Gasteiger partial charge in [0.25, 0.3) is 10.0 Å². The first-order valence-electron chi connectivity index (χ1n) is 10.1. The second-order valence-electron chi connectivity index (χ2n) is 7.02. The lowest BCUT2D eigenvalue weighted by atomic mass is 10.2. The Hall–Kier alpha value is -2.85. The van der Waals surface area contributed by atoms with Crippen LogP contribution in [0.15, 0.2) is 57.8 Å². The lowest BCUT2D eigenvalue weighted by Gasteiger charge is -2.13. The zero-order chi connectivity index (χ0) is 23.3. The standard InChI is InChI=1S/C22H25N3O5S2/c1-4-15-6-12-18(13-7-15)32(28,29)24-22-25(5-2)21(27)19(31-22)14-20(26)23-16-8-10-17(30-3)11-9-16/h6-13,19H,4-5,14H2,1-3H3,(H,23,26). The topological polar surface area (TPSA) is 105 Å². The first-order chi connectivity index (χ1) is 15.3. The second-order valence-corrected chi connectivity index (χ2v) is 9.79. The first-order valence-corrected chi connectivity index (χ1v) is 12.4. The predicted molar refractivity (Wildman–Crippen MR) is 125 cm³/mol. The van der Waals surface area contributed by atoms with Crippen LogP contribution in [0.25, 0.3) is 0 Å². The van der Waals surface area contributed by atoms with E-state index >= 15 is 0 Å². The van der Waals surface area contributed by atoms with E-state index in [1.807, 2.05) is 6.92 Å². The Bertz CT molecular complexity index is 1110. The summed E-state index contributed by atoms with van der Waals surface area (Å²) in [5, 5.41) is 2.07. The number of nitrogens with one attached hydrogen (secondary N) is 1. The van der Waals surface area contributed by atoms with Crippen LogP contribution in [0, 0.1) is 0 Å². The molecule has 1 aliphatic heterocycles. The molecule has 0 spiro atoms. The van der Waals surface area contributed by atoms with Crippen molar-refractivity contribution in [2.45, 2.75) is 36.8 Å². The number of aryl methyl sites for hydroxylation is 1. The van der Waals surface area contributed by atoms with E-state index in [0.29, 0.717) is 11.4 Å². The molecule has 2 aromatic carbocycles. The number of anilines is 1. The lowest BCUT2D eigenvalue weighted by molar-refractivity contribution is -0.128. The van der Waals surface area contributed by atoms with Gasteiger partial charge in [0.15, 0.2) is 5.17 Å². The van der Waals surface area contributed by atoms with Gasteiger partial charge in [-0.1, -0.05) is 30.8 Å². The Labute approximate surface area is 192 Å². The summed E-state index contributed by atoms with van der Waals surface area (Å²) in [6.45, 7) is 3.97. The fourth-order valence-electron chi connectivity index (χ4n) is 3.11. The van der Waals surface area contributed by atoms with Crippen molar-refractivity contribution in [1.29, 1.82) is 0 Å². The number of nitrogens with zero attached hydrogens (tertiary/aromatic N) is 2. The molecule has 170 valence electrons. The average Bonchev–Trinajstić information content (AvgIpc) is 3.07. The van der Waals surface area contributed by atoms with Crippen molar-refractivity contribution >= 4 is 44.5 Å². The Kier molecular flexibility index (Phi) is 7.57. The third-order valence-electron chi connectivity index (χ3n) is 4.91. The highest BCUT2D eigenvalue weighted by atomic mass is 32.2. The molecule has 2 amide bonds. The minimum absolute atomic E-state index is 0.0620. The number of carbonyl (C=O) groups excluding carboxylic acids is 2. The van der Waals surface area contributed by atoms with E-state index in [1.165, 1.54) is 17.0 Å². The molecule has 8 nitrogen and oxygen atoms in total. The van der Waals surface area contributed by atoms with Crippen LogP contribution in [0.2, 0.25) is 0 Å². The van der Waals surface area contributed by atoms with Gasteiger partial charge >= 0.3 is 0 Å². The molecule has 0 aromatic heterocycles. The van der Waals surface area contributed by atoms with Crippen LogP contribution in [-0.2, 0) is 26.0 Å². The molecule has 1 unspecified atom stereocenters. The molecule has 0 aliphatic carbocycles. The molecule has 1 saturated heterocycles. The van der Waals surface area contributed by atoms with Gasteiger partial charge < -0.3 is 10.1 Å². The number of ether oxygens (including phenoxy) is 1. The van der Waals surface area contributed by atoms with Crippen LogP contribution in [-0.4, -0.2) is 49.2 Å². The SMILES string of the molecule is CCc1ccc(S(=O)(=O)N=C2SC(CC(=O)Nc3ccc(OC)cc3)C(=O)N2CC)cc1. The molecule has 0 bridgehead atoms. The Morgan fingerprint density at radius 3 is 2.34 bits per heavy atom. The maximum atomic E-state index is 12.8. The smallest absolute Gasteiger partial charge is 0.284 e. The summed E-state index contributed by atoms with van der Waals surface area (Å²) in [6.07, 6.45) is 0.694. The van der Waals surface area contributed by atoms with E-state index < -0.39 is 15.3 Å². The number of benzene rings is 2. The predicted octanol–water partition coefficient (Wildman–Crippen LogP) is 3.30. The van der Waals surface area contributed by atoms with E-state index in [0.717, 1.165) is 23.7 Å². The van der Waals surface area contributed by atoms with Gasteiger partial charge in [-0.15, -0.1) is 4.40 Å². The lowest BCUT2D eigenvalue weighted by Crippen LogP contribution is -2.33. The van der Waals surface area contributed by atoms with E-state index in [4.69, 9.17) is 4.74 Å². The van der Waals surface area contributed by atoms with Gasteiger partial charge in [0, 0.05) is 18.7 Å². The number of methoxy groups -OCH3 is 1.